The van der Waals surface area contributed by atoms with Gasteiger partial charge in [0.15, 0.2) is 0 Å². The van der Waals surface area contributed by atoms with Gasteiger partial charge in [0, 0.05) is 58.0 Å². The van der Waals surface area contributed by atoms with E-state index in [-0.39, 0.29) is 5.91 Å². The van der Waals surface area contributed by atoms with Gasteiger partial charge in [-0.15, -0.1) is 0 Å². The van der Waals surface area contributed by atoms with Crippen LogP contribution in [0.25, 0.3) is 0 Å². The van der Waals surface area contributed by atoms with E-state index in [0.29, 0.717) is 31.9 Å². The molecule has 29 heavy (non-hydrogen) atoms. The molecular weight excluding hydrogens is 368 g/mol. The van der Waals surface area contributed by atoms with Gasteiger partial charge in [0.05, 0.1) is 12.4 Å². The number of amides is 2. The summed E-state index contributed by atoms with van der Waals surface area (Å²) in [6.45, 7) is 7.85. The van der Waals surface area contributed by atoms with Gasteiger partial charge in [-0.3, -0.25) is 9.59 Å². The number of benzene rings is 1. The van der Waals surface area contributed by atoms with E-state index in [4.69, 9.17) is 0 Å². The minimum Gasteiger partial charge on any atom is -0.368 e. The summed E-state index contributed by atoms with van der Waals surface area (Å²) in [6.07, 6.45) is 4.10. The molecule has 1 aromatic carbocycles. The Bertz CT molecular complexity index is 856. The molecule has 3 heterocycles. The van der Waals surface area contributed by atoms with Gasteiger partial charge < -0.3 is 19.6 Å². The van der Waals surface area contributed by atoms with Gasteiger partial charge in [-0.05, 0) is 24.6 Å². The van der Waals surface area contributed by atoms with Crippen molar-refractivity contribution in [2.24, 2.45) is 0 Å². The van der Waals surface area contributed by atoms with Crippen LogP contribution in [-0.2, 0) is 4.79 Å². The maximum atomic E-state index is 12.8. The Morgan fingerprint density at radius 2 is 1.66 bits per heavy atom. The molecule has 2 aliphatic heterocycles. The molecule has 2 saturated heterocycles. The van der Waals surface area contributed by atoms with Crippen LogP contribution in [-0.4, -0.2) is 84.4 Å². The van der Waals surface area contributed by atoms with E-state index < -0.39 is 0 Å². The zero-order valence-corrected chi connectivity index (χ0v) is 16.7. The fourth-order valence-corrected chi connectivity index (χ4v) is 3.81. The van der Waals surface area contributed by atoms with E-state index >= 15 is 0 Å². The first-order valence-electron chi connectivity index (χ1n) is 10.0. The van der Waals surface area contributed by atoms with Gasteiger partial charge in [-0.25, -0.2) is 9.97 Å². The number of hydrogen-bond donors (Lipinski definition) is 0. The van der Waals surface area contributed by atoms with Crippen molar-refractivity contribution in [1.82, 2.24) is 19.8 Å². The van der Waals surface area contributed by atoms with Crippen LogP contribution >= 0.6 is 0 Å². The molecule has 1 aromatic heterocycles. The number of hydrogen-bond acceptors (Lipinski definition) is 6. The number of piperazine rings is 2. The van der Waals surface area contributed by atoms with Crippen LogP contribution in [0.1, 0.15) is 16.1 Å². The Hall–Kier alpha value is -3.16. The topological polar surface area (TPSA) is 72.9 Å². The van der Waals surface area contributed by atoms with Crippen LogP contribution in [0.15, 0.2) is 36.7 Å². The highest BCUT2D eigenvalue weighted by Crippen LogP contribution is 2.19. The first kappa shape index (κ1) is 19.2. The van der Waals surface area contributed by atoms with E-state index in [1.54, 1.807) is 17.3 Å². The molecule has 0 saturated carbocycles. The second-order valence-corrected chi connectivity index (χ2v) is 7.51. The summed E-state index contributed by atoms with van der Waals surface area (Å²) in [5.41, 5.74) is 2.82. The molecule has 0 spiro atoms. The number of aromatic nitrogens is 2. The van der Waals surface area contributed by atoms with Crippen LogP contribution in [0.5, 0.6) is 0 Å². The normalized spacial score (nSPS) is 17.4. The third-order valence-corrected chi connectivity index (χ3v) is 5.58. The maximum Gasteiger partial charge on any atom is 0.274 e. The van der Waals surface area contributed by atoms with Crippen molar-refractivity contribution in [3.63, 3.8) is 0 Å². The van der Waals surface area contributed by atoms with Crippen molar-refractivity contribution in [3.05, 3.63) is 47.9 Å². The summed E-state index contributed by atoms with van der Waals surface area (Å²) in [6, 6.07) is 8.45. The molecule has 0 aliphatic carbocycles. The molecule has 2 fully saturated rings. The maximum absolute atomic E-state index is 12.8. The lowest BCUT2D eigenvalue weighted by molar-refractivity contribution is -0.118. The highest BCUT2D eigenvalue weighted by molar-refractivity contribution is 5.92. The Morgan fingerprint density at radius 1 is 0.931 bits per heavy atom. The van der Waals surface area contributed by atoms with E-state index in [1.807, 2.05) is 4.90 Å². The monoisotopic (exact) mass is 394 g/mol. The average molecular weight is 394 g/mol. The molecule has 0 bridgehead atoms. The van der Waals surface area contributed by atoms with Gasteiger partial charge in [-0.2, -0.15) is 0 Å². The zero-order chi connectivity index (χ0) is 20.2. The quantitative estimate of drug-likeness (QED) is 0.721. The molecule has 8 heteroatoms. The van der Waals surface area contributed by atoms with E-state index in [0.717, 1.165) is 38.4 Å². The minimum atomic E-state index is -0.0706. The number of anilines is 2. The van der Waals surface area contributed by atoms with Gasteiger partial charge in [0.25, 0.3) is 5.91 Å². The summed E-state index contributed by atoms with van der Waals surface area (Å²) in [7, 11) is 0. The Morgan fingerprint density at radius 3 is 2.28 bits per heavy atom. The highest BCUT2D eigenvalue weighted by Gasteiger charge is 2.24. The van der Waals surface area contributed by atoms with Crippen LogP contribution in [0.4, 0.5) is 11.5 Å². The molecule has 8 nitrogen and oxygen atoms in total. The second-order valence-electron chi connectivity index (χ2n) is 7.51. The smallest absolute Gasteiger partial charge is 0.274 e. The molecule has 2 amide bonds. The van der Waals surface area contributed by atoms with E-state index in [1.165, 1.54) is 11.3 Å². The summed E-state index contributed by atoms with van der Waals surface area (Å²) in [5, 5.41) is 0. The minimum absolute atomic E-state index is 0.0706. The molecule has 4 rings (SSSR count). The highest BCUT2D eigenvalue weighted by atomic mass is 16.2. The van der Waals surface area contributed by atoms with Gasteiger partial charge in [0.1, 0.15) is 11.5 Å². The Kier molecular flexibility index (Phi) is 5.59. The average Bonchev–Trinajstić information content (AvgIpc) is 2.79. The SMILES string of the molecule is Cc1cccc(N2CCN(C(=O)c3cnc(N4CCN(C=O)CC4)cn3)CC2)c1. The summed E-state index contributed by atoms with van der Waals surface area (Å²) in [4.78, 5) is 40.4. The first-order chi connectivity index (χ1) is 14.1. The standard InChI is InChI=1S/C21H26N6O2/c1-17-3-2-4-18(13-17)25-9-11-27(12-10-25)21(29)19-14-23-20(15-22-19)26-7-5-24(16-28)6-8-26/h2-4,13-16H,5-12H2,1H3. The van der Waals surface area contributed by atoms with Crippen LogP contribution in [0.2, 0.25) is 0 Å². The van der Waals surface area contributed by atoms with Gasteiger partial charge in [-0.1, -0.05) is 12.1 Å². The summed E-state index contributed by atoms with van der Waals surface area (Å²) in [5.74, 6) is 0.676. The van der Waals surface area contributed by atoms with Gasteiger partial charge in [0.2, 0.25) is 6.41 Å². The van der Waals surface area contributed by atoms with Crippen LogP contribution in [0.3, 0.4) is 0 Å². The molecule has 2 aliphatic rings. The fourth-order valence-electron chi connectivity index (χ4n) is 3.81. The number of rotatable bonds is 4. The molecular formula is C21H26N6O2. The predicted molar refractivity (Wildman–Crippen MR) is 111 cm³/mol. The predicted octanol–water partition coefficient (Wildman–Crippen LogP) is 1.03. The lowest BCUT2D eigenvalue weighted by Gasteiger charge is -2.36. The van der Waals surface area contributed by atoms with E-state index in [9.17, 15) is 9.59 Å². The third-order valence-electron chi connectivity index (χ3n) is 5.58. The lowest BCUT2D eigenvalue weighted by Crippen LogP contribution is -2.49. The van der Waals surface area contributed by atoms with Crippen LogP contribution < -0.4 is 9.80 Å². The molecule has 0 N–H and O–H groups in total. The number of nitrogens with zero attached hydrogens (tertiary/aromatic N) is 6. The Balaban J connectivity index is 1.34. The van der Waals surface area contributed by atoms with Gasteiger partial charge >= 0.3 is 0 Å². The summed E-state index contributed by atoms with van der Waals surface area (Å²) >= 11 is 0. The number of carbonyl (C=O) groups is 2. The zero-order valence-electron chi connectivity index (χ0n) is 16.7. The number of carbonyl (C=O) groups excluding carboxylic acids is 2. The van der Waals surface area contributed by atoms with E-state index in [2.05, 4.69) is 51.0 Å². The first-order valence-corrected chi connectivity index (χ1v) is 10.0. The van der Waals surface area contributed by atoms with Crippen molar-refractivity contribution in [1.29, 1.82) is 0 Å². The Labute approximate surface area is 170 Å². The molecule has 2 aromatic rings. The molecule has 152 valence electrons. The van der Waals surface area contributed by atoms with Crippen molar-refractivity contribution in [3.8, 4) is 0 Å². The second kappa shape index (κ2) is 8.46. The third kappa shape index (κ3) is 4.31. The lowest BCUT2D eigenvalue weighted by atomic mass is 10.2. The van der Waals surface area contributed by atoms with Crippen molar-refractivity contribution >= 4 is 23.8 Å². The van der Waals surface area contributed by atoms with Crippen molar-refractivity contribution < 1.29 is 9.59 Å². The largest absolute Gasteiger partial charge is 0.368 e. The fraction of sp³-hybridized carbons (Fsp3) is 0.429. The van der Waals surface area contributed by atoms with Crippen LogP contribution in [0, 0.1) is 6.92 Å². The van der Waals surface area contributed by atoms with Crippen molar-refractivity contribution in [2.45, 2.75) is 6.92 Å². The molecule has 0 atom stereocenters. The molecule has 0 radical (unpaired) electrons. The molecule has 0 unspecified atom stereocenters. The summed E-state index contributed by atoms with van der Waals surface area (Å²) < 4.78 is 0. The van der Waals surface area contributed by atoms with Crippen molar-refractivity contribution in [2.75, 3.05) is 62.2 Å². The number of aryl methyl sites for hydroxylation is 1.